The van der Waals surface area contributed by atoms with Crippen molar-refractivity contribution in [1.82, 2.24) is 0 Å². The second-order valence-corrected chi connectivity index (χ2v) is 7.64. The first-order valence-electron chi connectivity index (χ1n) is 9.57. The Hall–Kier alpha value is -3.52. The maximum atomic E-state index is 13.0. The quantitative estimate of drug-likeness (QED) is 0.551. The highest BCUT2D eigenvalue weighted by molar-refractivity contribution is 8.00. The summed E-state index contributed by atoms with van der Waals surface area (Å²) < 4.78 is 24.2. The SMILES string of the molecule is O=C(CSc1ccccc1C(=O)Nc1cccc2c1OCCO2)Nc1ccc(F)cc1. The summed E-state index contributed by atoms with van der Waals surface area (Å²) in [6.07, 6.45) is 0. The monoisotopic (exact) mass is 438 g/mol. The highest BCUT2D eigenvalue weighted by atomic mass is 32.2. The summed E-state index contributed by atoms with van der Waals surface area (Å²) >= 11 is 1.24. The van der Waals surface area contributed by atoms with Crippen LogP contribution in [0.1, 0.15) is 10.4 Å². The first kappa shape index (κ1) is 20.7. The van der Waals surface area contributed by atoms with Gasteiger partial charge < -0.3 is 20.1 Å². The second kappa shape index (κ2) is 9.53. The van der Waals surface area contributed by atoms with E-state index in [0.717, 1.165) is 0 Å². The molecule has 1 aliphatic rings. The van der Waals surface area contributed by atoms with E-state index in [1.807, 2.05) is 0 Å². The molecule has 8 heteroatoms. The Bertz CT molecular complexity index is 1100. The van der Waals surface area contributed by atoms with Crippen molar-refractivity contribution in [2.45, 2.75) is 4.90 Å². The van der Waals surface area contributed by atoms with Crippen LogP contribution in [-0.2, 0) is 4.79 Å². The number of halogens is 1. The van der Waals surface area contributed by atoms with Crippen LogP contribution in [0.2, 0.25) is 0 Å². The van der Waals surface area contributed by atoms with E-state index in [0.29, 0.717) is 46.5 Å². The van der Waals surface area contributed by atoms with Crippen molar-refractivity contribution in [3.8, 4) is 11.5 Å². The maximum absolute atomic E-state index is 13.0. The van der Waals surface area contributed by atoms with Gasteiger partial charge in [-0.25, -0.2) is 4.39 Å². The molecule has 1 aliphatic heterocycles. The molecule has 3 aromatic rings. The molecule has 0 spiro atoms. The molecule has 0 unspecified atom stereocenters. The van der Waals surface area contributed by atoms with E-state index in [1.54, 1.807) is 42.5 Å². The van der Waals surface area contributed by atoms with Gasteiger partial charge in [0.1, 0.15) is 19.0 Å². The zero-order chi connectivity index (χ0) is 21.6. The predicted molar refractivity (Wildman–Crippen MR) is 118 cm³/mol. The van der Waals surface area contributed by atoms with Crippen molar-refractivity contribution < 1.29 is 23.5 Å². The molecule has 0 aliphatic carbocycles. The molecule has 0 aromatic heterocycles. The fraction of sp³-hybridized carbons (Fsp3) is 0.130. The van der Waals surface area contributed by atoms with Gasteiger partial charge in [-0.1, -0.05) is 18.2 Å². The Morgan fingerprint density at radius 3 is 2.52 bits per heavy atom. The molecule has 2 amide bonds. The minimum absolute atomic E-state index is 0.0966. The Labute approximate surface area is 182 Å². The number of rotatable bonds is 6. The Kier molecular flexibility index (Phi) is 6.37. The van der Waals surface area contributed by atoms with Gasteiger partial charge in [-0.3, -0.25) is 9.59 Å². The van der Waals surface area contributed by atoms with Crippen LogP contribution in [0.3, 0.4) is 0 Å². The molecule has 2 N–H and O–H groups in total. The lowest BCUT2D eigenvalue weighted by molar-refractivity contribution is -0.113. The van der Waals surface area contributed by atoms with Crippen LogP contribution in [0.15, 0.2) is 71.6 Å². The molecule has 0 saturated heterocycles. The maximum Gasteiger partial charge on any atom is 0.256 e. The number of ether oxygens (including phenoxy) is 2. The van der Waals surface area contributed by atoms with E-state index >= 15 is 0 Å². The van der Waals surface area contributed by atoms with Gasteiger partial charge in [0.05, 0.1) is 17.0 Å². The molecule has 158 valence electrons. The van der Waals surface area contributed by atoms with Crippen molar-refractivity contribution in [1.29, 1.82) is 0 Å². The summed E-state index contributed by atoms with van der Waals surface area (Å²) in [5.74, 6) is 0.248. The lowest BCUT2D eigenvalue weighted by atomic mass is 10.2. The average molecular weight is 438 g/mol. The number of fused-ring (bicyclic) bond motifs is 1. The van der Waals surface area contributed by atoms with Crippen LogP contribution in [0.5, 0.6) is 11.5 Å². The molecule has 31 heavy (non-hydrogen) atoms. The van der Waals surface area contributed by atoms with E-state index in [-0.39, 0.29) is 23.4 Å². The first-order chi connectivity index (χ1) is 15.1. The van der Waals surface area contributed by atoms with Crippen LogP contribution in [-0.4, -0.2) is 30.8 Å². The number of hydrogen-bond donors (Lipinski definition) is 2. The number of hydrogen-bond acceptors (Lipinski definition) is 5. The molecular formula is C23H19FN2O4S. The molecule has 0 saturated carbocycles. The molecule has 6 nitrogen and oxygen atoms in total. The molecule has 3 aromatic carbocycles. The van der Waals surface area contributed by atoms with Crippen molar-refractivity contribution in [2.24, 2.45) is 0 Å². The number of thioether (sulfide) groups is 1. The number of amides is 2. The van der Waals surface area contributed by atoms with E-state index in [4.69, 9.17) is 9.47 Å². The lowest BCUT2D eigenvalue weighted by Gasteiger charge is -2.21. The minimum Gasteiger partial charge on any atom is -0.486 e. The Balaban J connectivity index is 1.43. The molecule has 1 heterocycles. The topological polar surface area (TPSA) is 76.7 Å². The van der Waals surface area contributed by atoms with E-state index in [9.17, 15) is 14.0 Å². The predicted octanol–water partition coefficient (Wildman–Crippen LogP) is 4.58. The number of carbonyl (C=O) groups excluding carboxylic acids is 2. The largest absolute Gasteiger partial charge is 0.486 e. The third-order valence-corrected chi connectivity index (χ3v) is 5.51. The number of carbonyl (C=O) groups is 2. The van der Waals surface area contributed by atoms with Crippen LogP contribution in [0.25, 0.3) is 0 Å². The number of nitrogens with one attached hydrogen (secondary N) is 2. The second-order valence-electron chi connectivity index (χ2n) is 6.62. The number of para-hydroxylation sites is 1. The van der Waals surface area contributed by atoms with Crippen molar-refractivity contribution in [3.05, 3.63) is 78.1 Å². The van der Waals surface area contributed by atoms with Crippen LogP contribution in [0.4, 0.5) is 15.8 Å². The van der Waals surface area contributed by atoms with Gasteiger partial charge in [-0.2, -0.15) is 0 Å². The zero-order valence-corrected chi connectivity index (χ0v) is 17.2. The fourth-order valence-electron chi connectivity index (χ4n) is 3.02. The summed E-state index contributed by atoms with van der Waals surface area (Å²) in [5, 5.41) is 5.57. The summed E-state index contributed by atoms with van der Waals surface area (Å²) in [4.78, 5) is 25.8. The van der Waals surface area contributed by atoms with Gasteiger partial charge in [0.15, 0.2) is 11.5 Å². The molecule has 0 fully saturated rings. The first-order valence-corrected chi connectivity index (χ1v) is 10.6. The number of anilines is 2. The van der Waals surface area contributed by atoms with Gasteiger partial charge in [0.2, 0.25) is 5.91 Å². The average Bonchev–Trinajstić information content (AvgIpc) is 2.80. The fourth-order valence-corrected chi connectivity index (χ4v) is 3.87. The van der Waals surface area contributed by atoms with Gasteiger partial charge in [-0.15, -0.1) is 11.8 Å². The summed E-state index contributed by atoms with van der Waals surface area (Å²) in [6, 6.07) is 17.9. The van der Waals surface area contributed by atoms with Gasteiger partial charge in [0.25, 0.3) is 5.91 Å². The third-order valence-electron chi connectivity index (χ3n) is 4.43. The third kappa shape index (κ3) is 5.16. The highest BCUT2D eigenvalue weighted by Crippen LogP contribution is 2.37. The van der Waals surface area contributed by atoms with Crippen LogP contribution < -0.4 is 20.1 Å². The summed E-state index contributed by atoms with van der Waals surface area (Å²) in [6.45, 7) is 0.874. The molecule has 0 radical (unpaired) electrons. The summed E-state index contributed by atoms with van der Waals surface area (Å²) in [5.41, 5.74) is 1.47. The van der Waals surface area contributed by atoms with Gasteiger partial charge in [-0.05, 0) is 48.5 Å². The van der Waals surface area contributed by atoms with Crippen molar-refractivity contribution in [2.75, 3.05) is 29.6 Å². The van der Waals surface area contributed by atoms with Crippen LogP contribution in [0, 0.1) is 5.82 Å². The normalized spacial score (nSPS) is 12.2. The minimum atomic E-state index is -0.371. The van der Waals surface area contributed by atoms with E-state index in [2.05, 4.69) is 10.6 Å². The molecule has 4 rings (SSSR count). The smallest absolute Gasteiger partial charge is 0.256 e. The van der Waals surface area contributed by atoms with Crippen molar-refractivity contribution >= 4 is 35.0 Å². The number of benzene rings is 3. The Morgan fingerprint density at radius 1 is 0.903 bits per heavy atom. The zero-order valence-electron chi connectivity index (χ0n) is 16.4. The highest BCUT2D eigenvalue weighted by Gasteiger charge is 2.19. The molecule has 0 atom stereocenters. The standard InChI is InChI=1S/C23H19FN2O4S/c24-15-8-10-16(11-9-15)25-21(27)14-31-20-7-2-1-4-17(20)23(28)26-18-5-3-6-19-22(18)30-13-12-29-19/h1-11H,12-14H2,(H,25,27)(H,26,28). The van der Waals surface area contributed by atoms with Crippen LogP contribution >= 0.6 is 11.8 Å². The molecule has 0 bridgehead atoms. The van der Waals surface area contributed by atoms with Gasteiger partial charge >= 0.3 is 0 Å². The molecular weight excluding hydrogens is 419 g/mol. The van der Waals surface area contributed by atoms with E-state index < -0.39 is 0 Å². The Morgan fingerprint density at radius 2 is 1.68 bits per heavy atom. The van der Waals surface area contributed by atoms with Gasteiger partial charge in [0, 0.05) is 10.6 Å². The van der Waals surface area contributed by atoms with E-state index in [1.165, 1.54) is 36.0 Å². The lowest BCUT2D eigenvalue weighted by Crippen LogP contribution is -2.19. The summed E-state index contributed by atoms with van der Waals surface area (Å²) in [7, 11) is 0. The van der Waals surface area contributed by atoms with Crippen molar-refractivity contribution in [3.63, 3.8) is 0 Å².